The number of hydrogen-bond acceptors (Lipinski definition) is 7. The second-order valence-electron chi connectivity index (χ2n) is 3.39. The van der Waals surface area contributed by atoms with Crippen molar-refractivity contribution in [2.24, 2.45) is 0 Å². The van der Waals surface area contributed by atoms with E-state index in [9.17, 15) is 13.2 Å². The van der Waals surface area contributed by atoms with Crippen molar-refractivity contribution in [1.29, 1.82) is 0 Å². The average molecular weight is 315 g/mol. The summed E-state index contributed by atoms with van der Waals surface area (Å²) in [4.78, 5) is 11.7. The largest absolute Gasteiger partial charge is 0.492 e. The molecule has 0 bridgehead atoms. The van der Waals surface area contributed by atoms with Crippen molar-refractivity contribution in [1.82, 2.24) is 0 Å². The predicted octanol–water partition coefficient (Wildman–Crippen LogP) is 2.18. The number of hydrogen-bond donors (Lipinski definition) is 0. The first-order valence-corrected chi connectivity index (χ1v) is 7.86. The molecule has 0 saturated heterocycles. The second kappa shape index (κ2) is 5.77. The zero-order chi connectivity index (χ0) is 13.9. The van der Waals surface area contributed by atoms with E-state index in [0.717, 1.165) is 11.3 Å². The molecule has 0 aliphatic carbocycles. The van der Waals surface area contributed by atoms with Crippen LogP contribution in [0.5, 0.6) is 11.5 Å². The first kappa shape index (κ1) is 15.1. The van der Waals surface area contributed by atoms with E-state index in [4.69, 9.17) is 20.2 Å². The molecule has 1 rings (SSSR count). The lowest BCUT2D eigenvalue weighted by Gasteiger charge is -2.08. The third-order valence-corrected chi connectivity index (χ3v) is 3.12. The van der Waals surface area contributed by atoms with Gasteiger partial charge in [-0.2, -0.15) is 8.42 Å². The van der Waals surface area contributed by atoms with Crippen LogP contribution in [0, 0.1) is 0 Å². The number of carbonyl (C=O) groups excluding carboxylic acids is 1. The molecule has 1 aromatic heterocycles. The van der Waals surface area contributed by atoms with E-state index in [1.807, 2.05) is 0 Å². The molecule has 0 unspecified atom stereocenters. The first-order valence-electron chi connectivity index (χ1n) is 4.75. The zero-order valence-corrected chi connectivity index (χ0v) is 12.2. The zero-order valence-electron chi connectivity index (χ0n) is 9.80. The van der Waals surface area contributed by atoms with Crippen molar-refractivity contribution in [2.45, 2.75) is 20.0 Å². The predicted molar refractivity (Wildman–Crippen MR) is 66.8 cm³/mol. The van der Waals surface area contributed by atoms with Crippen LogP contribution in [-0.4, -0.2) is 27.6 Å². The van der Waals surface area contributed by atoms with Gasteiger partial charge in [-0.3, -0.25) is 0 Å². The summed E-state index contributed by atoms with van der Waals surface area (Å²) in [6.07, 6.45) is -0.342. The summed E-state index contributed by atoms with van der Waals surface area (Å²) in [5.74, 6) is -0.864. The average Bonchev–Trinajstić information content (AvgIpc) is 2.57. The Kier molecular flexibility index (Phi) is 4.83. The fraction of sp³-hybridized carbons (Fsp3) is 0.444. The van der Waals surface area contributed by atoms with Gasteiger partial charge in [-0.1, -0.05) is 0 Å². The molecule has 1 heterocycles. The van der Waals surface area contributed by atoms with Crippen molar-refractivity contribution in [3.05, 3.63) is 10.3 Å². The summed E-state index contributed by atoms with van der Waals surface area (Å²) < 4.78 is 36.2. The fourth-order valence-corrected chi connectivity index (χ4v) is 2.49. The maximum Gasteiger partial charge on any atom is 0.401 e. The summed E-state index contributed by atoms with van der Waals surface area (Å²) in [6.45, 7) is 3.34. The fourth-order valence-electron chi connectivity index (χ4n) is 1.06. The highest BCUT2D eigenvalue weighted by molar-refractivity contribution is 8.10. The van der Waals surface area contributed by atoms with E-state index in [0.29, 0.717) is 0 Å². The first-order chi connectivity index (χ1) is 8.24. The molecular formula is C9H11ClO6S2. The smallest absolute Gasteiger partial charge is 0.401 e. The van der Waals surface area contributed by atoms with Gasteiger partial charge in [0.1, 0.15) is 0 Å². The van der Waals surface area contributed by atoms with Gasteiger partial charge < -0.3 is 13.7 Å². The maximum atomic E-state index is 11.7. The van der Waals surface area contributed by atoms with Gasteiger partial charge in [-0.25, -0.2) is 4.79 Å². The van der Waals surface area contributed by atoms with Crippen LogP contribution in [-0.2, 0) is 14.1 Å². The third kappa shape index (κ3) is 4.04. The number of ether oxygens (including phenoxy) is 2. The molecule has 6 nitrogen and oxygen atoms in total. The number of carbonyl (C=O) groups is 1. The van der Waals surface area contributed by atoms with Crippen molar-refractivity contribution >= 4 is 37.3 Å². The Morgan fingerprint density at radius 2 is 2.06 bits per heavy atom. The molecule has 0 saturated carbocycles. The molecule has 0 radical (unpaired) electrons. The molecular weight excluding hydrogens is 304 g/mol. The molecule has 0 amide bonds. The summed E-state index contributed by atoms with van der Waals surface area (Å²) in [6, 6.07) is 0. The van der Waals surface area contributed by atoms with Gasteiger partial charge in [0.15, 0.2) is 10.6 Å². The highest BCUT2D eigenvalue weighted by Crippen LogP contribution is 2.39. The monoisotopic (exact) mass is 314 g/mol. The van der Waals surface area contributed by atoms with Crippen molar-refractivity contribution in [3.63, 3.8) is 0 Å². The molecule has 0 aliphatic rings. The highest BCUT2D eigenvalue weighted by Gasteiger charge is 2.26. The number of thiophene rings is 1. The Bertz CT molecular complexity index is 533. The van der Waals surface area contributed by atoms with E-state index in [2.05, 4.69) is 4.18 Å². The van der Waals surface area contributed by atoms with E-state index in [-0.39, 0.29) is 22.5 Å². The normalized spacial score (nSPS) is 11.4. The number of esters is 1. The Hall–Kier alpha value is -0.990. The molecule has 0 aliphatic heterocycles. The van der Waals surface area contributed by atoms with Gasteiger partial charge in [-0.05, 0) is 13.8 Å². The lowest BCUT2D eigenvalue weighted by molar-refractivity contribution is 0.0382. The molecule has 102 valence electrons. The van der Waals surface area contributed by atoms with Gasteiger partial charge in [0.05, 0.1) is 23.9 Å². The maximum absolute atomic E-state index is 11.7. The minimum atomic E-state index is -4.27. The van der Waals surface area contributed by atoms with Crippen molar-refractivity contribution in [2.75, 3.05) is 7.11 Å². The summed E-state index contributed by atoms with van der Waals surface area (Å²) in [7, 11) is 2.02. The molecule has 0 aromatic carbocycles. The van der Waals surface area contributed by atoms with Crippen LogP contribution in [0.2, 0.25) is 0 Å². The van der Waals surface area contributed by atoms with Crippen LogP contribution in [0.4, 0.5) is 0 Å². The molecule has 0 N–H and O–H groups in total. The Balaban J connectivity index is 3.13. The van der Waals surface area contributed by atoms with E-state index in [1.54, 1.807) is 13.8 Å². The standard InChI is InChI=1S/C9H11ClO6S2/c1-5(2)15-9(11)8-7(16-18(10,12)13)6(14-3)4-17-8/h4-5H,1-3H3. The Morgan fingerprint density at radius 3 is 2.50 bits per heavy atom. The quantitative estimate of drug-likeness (QED) is 0.612. The summed E-state index contributed by atoms with van der Waals surface area (Å²) in [5.41, 5.74) is 0. The topological polar surface area (TPSA) is 78.9 Å². The van der Waals surface area contributed by atoms with Gasteiger partial charge in [0.2, 0.25) is 5.75 Å². The minimum absolute atomic E-state index is 0.0234. The van der Waals surface area contributed by atoms with Gasteiger partial charge in [-0.15, -0.1) is 11.3 Å². The van der Waals surface area contributed by atoms with Crippen LogP contribution < -0.4 is 8.92 Å². The second-order valence-corrected chi connectivity index (χ2v) is 6.36. The highest BCUT2D eigenvalue weighted by atomic mass is 35.7. The van der Waals surface area contributed by atoms with Crippen LogP contribution in [0.3, 0.4) is 0 Å². The van der Waals surface area contributed by atoms with Gasteiger partial charge >= 0.3 is 15.3 Å². The summed E-state index contributed by atoms with van der Waals surface area (Å²) >= 11 is 0.944. The van der Waals surface area contributed by atoms with Gasteiger partial charge in [0, 0.05) is 5.38 Å². The van der Waals surface area contributed by atoms with E-state index in [1.165, 1.54) is 12.5 Å². The van der Waals surface area contributed by atoms with Crippen LogP contribution >= 0.6 is 22.0 Å². The molecule has 0 fully saturated rings. The lowest BCUT2D eigenvalue weighted by Crippen LogP contribution is -2.12. The van der Waals surface area contributed by atoms with Gasteiger partial charge in [0.25, 0.3) is 0 Å². The lowest BCUT2D eigenvalue weighted by atomic mass is 10.4. The SMILES string of the molecule is COc1csc(C(=O)OC(C)C)c1OS(=O)(=O)Cl. The third-order valence-electron chi connectivity index (χ3n) is 1.64. The minimum Gasteiger partial charge on any atom is -0.492 e. The Labute approximate surface area is 113 Å². The van der Waals surface area contributed by atoms with Crippen molar-refractivity contribution < 1.29 is 26.9 Å². The van der Waals surface area contributed by atoms with E-state index >= 15 is 0 Å². The number of rotatable bonds is 5. The van der Waals surface area contributed by atoms with Crippen molar-refractivity contribution in [3.8, 4) is 11.5 Å². The number of halogens is 1. The van der Waals surface area contributed by atoms with Crippen LogP contribution in [0.15, 0.2) is 5.38 Å². The molecule has 18 heavy (non-hydrogen) atoms. The molecule has 1 aromatic rings. The van der Waals surface area contributed by atoms with Crippen LogP contribution in [0.25, 0.3) is 0 Å². The Morgan fingerprint density at radius 1 is 1.44 bits per heavy atom. The number of methoxy groups -OCH3 is 1. The summed E-state index contributed by atoms with van der Waals surface area (Å²) in [5, 5.41) is 1.42. The van der Waals surface area contributed by atoms with Crippen LogP contribution in [0.1, 0.15) is 23.5 Å². The van der Waals surface area contributed by atoms with E-state index < -0.39 is 15.3 Å². The molecule has 0 atom stereocenters. The molecule has 0 spiro atoms. The molecule has 9 heteroatoms.